The van der Waals surface area contributed by atoms with Gasteiger partial charge in [-0.05, 0) is 24.6 Å². The highest BCUT2D eigenvalue weighted by Crippen LogP contribution is 2.32. The fraction of sp³-hybridized carbons (Fsp3) is 0.133. The second kappa shape index (κ2) is 5.17. The molecule has 0 unspecified atom stereocenters. The standard InChI is InChI=1S/C15H10F2O4S/c16-11-4-2-6-14(15(11)17)22(19,20)21-13-5-1-3-9-10(13)7-8-12(9)18/h1-6H,7-8H2. The van der Waals surface area contributed by atoms with E-state index in [0.29, 0.717) is 17.5 Å². The van der Waals surface area contributed by atoms with E-state index in [1.165, 1.54) is 12.1 Å². The van der Waals surface area contributed by atoms with Crippen molar-refractivity contribution >= 4 is 15.9 Å². The third-order valence-corrected chi connectivity index (χ3v) is 4.67. The molecule has 2 aromatic carbocycles. The topological polar surface area (TPSA) is 60.4 Å². The van der Waals surface area contributed by atoms with Gasteiger partial charge in [-0.15, -0.1) is 0 Å². The second-order valence-electron chi connectivity index (χ2n) is 4.79. The van der Waals surface area contributed by atoms with Crippen molar-refractivity contribution in [1.29, 1.82) is 0 Å². The van der Waals surface area contributed by atoms with Gasteiger partial charge in [0.1, 0.15) is 10.6 Å². The highest BCUT2D eigenvalue weighted by molar-refractivity contribution is 7.87. The van der Waals surface area contributed by atoms with Crippen LogP contribution in [0.2, 0.25) is 0 Å². The van der Waals surface area contributed by atoms with E-state index in [1.807, 2.05) is 0 Å². The zero-order valence-electron chi connectivity index (χ0n) is 11.2. The van der Waals surface area contributed by atoms with Crippen molar-refractivity contribution < 1.29 is 26.2 Å². The molecule has 1 aliphatic rings. The van der Waals surface area contributed by atoms with Gasteiger partial charge in [0, 0.05) is 17.5 Å². The van der Waals surface area contributed by atoms with Crippen LogP contribution in [-0.2, 0) is 16.5 Å². The number of ketones is 1. The molecule has 3 rings (SSSR count). The second-order valence-corrected chi connectivity index (χ2v) is 6.31. The number of halogens is 2. The summed E-state index contributed by atoms with van der Waals surface area (Å²) >= 11 is 0. The number of benzene rings is 2. The lowest BCUT2D eigenvalue weighted by Crippen LogP contribution is -2.13. The van der Waals surface area contributed by atoms with Gasteiger partial charge in [0.25, 0.3) is 0 Å². The molecular formula is C15H10F2O4S. The largest absolute Gasteiger partial charge is 0.379 e. The zero-order valence-corrected chi connectivity index (χ0v) is 12.0. The number of hydrogen-bond donors (Lipinski definition) is 0. The van der Waals surface area contributed by atoms with Gasteiger partial charge in [0.15, 0.2) is 17.4 Å². The van der Waals surface area contributed by atoms with Crippen molar-refractivity contribution in [2.24, 2.45) is 0 Å². The normalized spacial score (nSPS) is 14.0. The minimum atomic E-state index is -4.53. The zero-order chi connectivity index (χ0) is 15.9. The Morgan fingerprint density at radius 3 is 2.50 bits per heavy atom. The van der Waals surface area contributed by atoms with Gasteiger partial charge in [-0.3, -0.25) is 4.79 Å². The van der Waals surface area contributed by atoms with Crippen LogP contribution >= 0.6 is 0 Å². The van der Waals surface area contributed by atoms with Crippen LogP contribution in [0.25, 0.3) is 0 Å². The molecule has 0 bridgehead atoms. The predicted octanol–water partition coefficient (Wildman–Crippen LogP) is 2.86. The smallest absolute Gasteiger partial charge is 0.342 e. The van der Waals surface area contributed by atoms with Crippen LogP contribution < -0.4 is 4.18 Å². The van der Waals surface area contributed by atoms with Crippen molar-refractivity contribution in [2.45, 2.75) is 17.7 Å². The first-order valence-electron chi connectivity index (χ1n) is 6.44. The van der Waals surface area contributed by atoms with Gasteiger partial charge in [-0.1, -0.05) is 18.2 Å². The van der Waals surface area contributed by atoms with Gasteiger partial charge in [-0.2, -0.15) is 8.42 Å². The summed E-state index contributed by atoms with van der Waals surface area (Å²) in [7, 11) is -4.53. The molecule has 0 saturated heterocycles. The van der Waals surface area contributed by atoms with Crippen LogP contribution in [0.3, 0.4) is 0 Å². The summed E-state index contributed by atoms with van der Waals surface area (Å²) < 4.78 is 56.0. The Hall–Kier alpha value is -2.28. The molecule has 0 aromatic heterocycles. The number of Topliss-reactive ketones (excluding diaryl/α,β-unsaturated/α-hetero) is 1. The highest BCUT2D eigenvalue weighted by atomic mass is 32.2. The van der Waals surface area contributed by atoms with Crippen molar-refractivity contribution in [3.05, 3.63) is 59.2 Å². The number of carbonyl (C=O) groups excluding carboxylic acids is 1. The molecule has 0 atom stereocenters. The Labute approximate surface area is 125 Å². The molecule has 7 heteroatoms. The molecule has 0 aliphatic heterocycles. The summed E-state index contributed by atoms with van der Waals surface area (Å²) in [5, 5.41) is 0. The fourth-order valence-corrected chi connectivity index (χ4v) is 3.42. The van der Waals surface area contributed by atoms with Crippen LogP contribution in [-0.4, -0.2) is 14.2 Å². The van der Waals surface area contributed by atoms with Gasteiger partial charge in [0.2, 0.25) is 0 Å². The molecule has 0 spiro atoms. The molecule has 0 heterocycles. The highest BCUT2D eigenvalue weighted by Gasteiger charge is 2.28. The van der Waals surface area contributed by atoms with Crippen molar-refractivity contribution in [1.82, 2.24) is 0 Å². The Kier molecular flexibility index (Phi) is 3.44. The van der Waals surface area contributed by atoms with Crippen LogP contribution in [0.4, 0.5) is 8.78 Å². The Bertz CT molecular complexity index is 875. The maximum atomic E-state index is 13.6. The van der Waals surface area contributed by atoms with Crippen LogP contribution in [0.15, 0.2) is 41.3 Å². The minimum Gasteiger partial charge on any atom is -0.379 e. The number of rotatable bonds is 3. The van der Waals surface area contributed by atoms with Crippen molar-refractivity contribution in [3.63, 3.8) is 0 Å². The number of carbonyl (C=O) groups is 1. The van der Waals surface area contributed by atoms with E-state index in [1.54, 1.807) is 6.07 Å². The molecule has 0 radical (unpaired) electrons. The van der Waals surface area contributed by atoms with E-state index in [4.69, 9.17) is 4.18 Å². The first-order chi connectivity index (χ1) is 10.4. The van der Waals surface area contributed by atoms with Gasteiger partial charge in [0.05, 0.1) is 0 Å². The molecular weight excluding hydrogens is 314 g/mol. The molecule has 22 heavy (non-hydrogen) atoms. The summed E-state index contributed by atoms with van der Waals surface area (Å²) in [4.78, 5) is 10.8. The van der Waals surface area contributed by atoms with Crippen molar-refractivity contribution in [3.8, 4) is 5.75 Å². The number of fused-ring (bicyclic) bond motifs is 1. The molecule has 1 aliphatic carbocycles. The third kappa shape index (κ3) is 2.37. The van der Waals surface area contributed by atoms with Crippen LogP contribution in [0.5, 0.6) is 5.75 Å². The monoisotopic (exact) mass is 324 g/mol. The SMILES string of the molecule is O=C1CCc2c(OS(=O)(=O)c3cccc(F)c3F)cccc21. The lowest BCUT2D eigenvalue weighted by atomic mass is 10.1. The third-order valence-electron chi connectivity index (χ3n) is 3.42. The van der Waals surface area contributed by atoms with Crippen molar-refractivity contribution in [2.75, 3.05) is 0 Å². The number of hydrogen-bond acceptors (Lipinski definition) is 4. The maximum Gasteiger partial charge on any atom is 0.342 e. The Balaban J connectivity index is 2.03. The first-order valence-corrected chi connectivity index (χ1v) is 7.84. The molecule has 0 amide bonds. The van der Waals surface area contributed by atoms with E-state index in [0.717, 1.165) is 18.2 Å². The molecule has 0 saturated carbocycles. The fourth-order valence-electron chi connectivity index (χ4n) is 2.38. The Morgan fingerprint density at radius 1 is 1.00 bits per heavy atom. The summed E-state index contributed by atoms with van der Waals surface area (Å²) in [5.74, 6) is -2.91. The van der Waals surface area contributed by atoms with E-state index in [2.05, 4.69) is 0 Å². The lowest BCUT2D eigenvalue weighted by Gasteiger charge is -2.11. The van der Waals surface area contributed by atoms with Gasteiger partial charge in [-0.25, -0.2) is 8.78 Å². The summed E-state index contributed by atoms with van der Waals surface area (Å²) in [6.07, 6.45) is 0.621. The molecule has 114 valence electrons. The molecule has 4 nitrogen and oxygen atoms in total. The molecule has 2 aromatic rings. The van der Waals surface area contributed by atoms with Crippen LogP contribution in [0, 0.1) is 11.6 Å². The average Bonchev–Trinajstić information content (AvgIpc) is 2.84. The lowest BCUT2D eigenvalue weighted by molar-refractivity contribution is 0.0994. The first kappa shape index (κ1) is 14.6. The van der Waals surface area contributed by atoms with E-state index < -0.39 is 26.6 Å². The van der Waals surface area contributed by atoms with E-state index in [-0.39, 0.29) is 18.0 Å². The molecule has 0 fully saturated rings. The summed E-state index contributed by atoms with van der Waals surface area (Å²) in [6.45, 7) is 0. The Morgan fingerprint density at radius 2 is 1.73 bits per heavy atom. The van der Waals surface area contributed by atoms with Crippen LogP contribution in [0.1, 0.15) is 22.3 Å². The van der Waals surface area contributed by atoms with Gasteiger partial charge < -0.3 is 4.18 Å². The molecule has 0 N–H and O–H groups in total. The minimum absolute atomic E-state index is 0.0352. The summed E-state index contributed by atoms with van der Waals surface area (Å²) in [6, 6.07) is 7.25. The van der Waals surface area contributed by atoms with E-state index in [9.17, 15) is 22.0 Å². The van der Waals surface area contributed by atoms with Gasteiger partial charge >= 0.3 is 10.1 Å². The summed E-state index contributed by atoms with van der Waals surface area (Å²) in [5.41, 5.74) is 0.861. The van der Waals surface area contributed by atoms with E-state index >= 15 is 0 Å². The maximum absolute atomic E-state index is 13.6. The quantitative estimate of drug-likeness (QED) is 0.815. The average molecular weight is 324 g/mol. The predicted molar refractivity (Wildman–Crippen MR) is 73.3 cm³/mol.